The third kappa shape index (κ3) is 4.52. The molecular formula is C25H25N5O2S. The van der Waals surface area contributed by atoms with Gasteiger partial charge in [0, 0.05) is 24.6 Å². The van der Waals surface area contributed by atoms with E-state index in [1.54, 1.807) is 7.11 Å². The number of carbonyl (C=O) groups is 1. The number of para-hydroxylation sites is 1. The lowest BCUT2D eigenvalue weighted by Gasteiger charge is -2.31. The van der Waals surface area contributed by atoms with Crippen LogP contribution in [0.15, 0.2) is 54.6 Å². The molecule has 1 aliphatic rings. The molecule has 0 aliphatic carbocycles. The van der Waals surface area contributed by atoms with Crippen molar-refractivity contribution in [3.63, 3.8) is 0 Å². The normalized spacial score (nSPS) is 14.4. The lowest BCUT2D eigenvalue weighted by atomic mass is 9.96. The molecule has 4 aromatic rings. The summed E-state index contributed by atoms with van der Waals surface area (Å²) < 4.78 is 6.52. The van der Waals surface area contributed by atoms with Crippen LogP contribution >= 0.6 is 11.3 Å². The molecule has 0 spiro atoms. The van der Waals surface area contributed by atoms with Crippen LogP contribution < -0.4 is 15.0 Å². The fourth-order valence-corrected chi connectivity index (χ4v) is 5.12. The molecule has 0 saturated carbocycles. The molecule has 7 nitrogen and oxygen atoms in total. The lowest BCUT2D eigenvalue weighted by Crippen LogP contribution is -2.38. The predicted octanol–water partition coefficient (Wildman–Crippen LogP) is 4.93. The zero-order valence-corrected chi connectivity index (χ0v) is 19.4. The molecule has 0 bridgehead atoms. The van der Waals surface area contributed by atoms with E-state index in [2.05, 4.69) is 38.4 Å². The van der Waals surface area contributed by atoms with Crippen molar-refractivity contribution < 1.29 is 9.53 Å². The summed E-state index contributed by atoms with van der Waals surface area (Å²) in [5, 5.41) is 12.5. The second-order valence-electron chi connectivity index (χ2n) is 8.22. The van der Waals surface area contributed by atoms with E-state index in [4.69, 9.17) is 4.74 Å². The summed E-state index contributed by atoms with van der Waals surface area (Å²) in [6.45, 7) is 3.58. The van der Waals surface area contributed by atoms with E-state index in [-0.39, 0.29) is 11.8 Å². The Kier molecular flexibility index (Phi) is 5.92. The number of nitrogens with one attached hydrogen (secondary N) is 1. The van der Waals surface area contributed by atoms with Gasteiger partial charge in [-0.15, -0.1) is 10.2 Å². The molecule has 2 aromatic heterocycles. The predicted molar refractivity (Wildman–Crippen MR) is 132 cm³/mol. The zero-order chi connectivity index (χ0) is 22.8. The highest BCUT2D eigenvalue weighted by Gasteiger charge is 2.26. The van der Waals surface area contributed by atoms with Gasteiger partial charge in [-0.3, -0.25) is 4.79 Å². The third-order valence-electron chi connectivity index (χ3n) is 6.00. The van der Waals surface area contributed by atoms with Crippen molar-refractivity contribution in [3.8, 4) is 17.0 Å². The first kappa shape index (κ1) is 21.3. The Morgan fingerprint density at radius 3 is 2.67 bits per heavy atom. The van der Waals surface area contributed by atoms with E-state index >= 15 is 0 Å². The molecule has 1 aliphatic heterocycles. The van der Waals surface area contributed by atoms with E-state index in [1.807, 2.05) is 48.5 Å². The molecule has 0 atom stereocenters. The van der Waals surface area contributed by atoms with Gasteiger partial charge in [-0.1, -0.05) is 29.5 Å². The second-order valence-corrected chi connectivity index (χ2v) is 9.25. The SMILES string of the molecule is COc1ccccc1-c1ccc(N2CCC(C(=O)Nc3nc4ccc(C)cc4s3)CC2)nn1. The fourth-order valence-electron chi connectivity index (χ4n) is 4.16. The smallest absolute Gasteiger partial charge is 0.229 e. The van der Waals surface area contributed by atoms with Crippen molar-refractivity contribution in [1.82, 2.24) is 15.2 Å². The number of benzene rings is 2. The number of fused-ring (bicyclic) bond motifs is 1. The number of ether oxygens (including phenoxy) is 1. The minimum absolute atomic E-state index is 0.0317. The number of hydrogen-bond acceptors (Lipinski definition) is 7. The van der Waals surface area contributed by atoms with E-state index in [9.17, 15) is 4.79 Å². The maximum absolute atomic E-state index is 12.8. The largest absolute Gasteiger partial charge is 0.496 e. The molecule has 33 heavy (non-hydrogen) atoms. The van der Waals surface area contributed by atoms with Gasteiger partial charge in [0.25, 0.3) is 0 Å². The van der Waals surface area contributed by atoms with Gasteiger partial charge < -0.3 is 15.0 Å². The maximum atomic E-state index is 12.8. The van der Waals surface area contributed by atoms with Gasteiger partial charge in [-0.2, -0.15) is 0 Å². The van der Waals surface area contributed by atoms with Gasteiger partial charge in [0.15, 0.2) is 10.9 Å². The number of piperidine rings is 1. The van der Waals surface area contributed by atoms with Crippen LogP contribution in [0.2, 0.25) is 0 Å². The second kappa shape index (κ2) is 9.15. The molecule has 168 valence electrons. The quantitative estimate of drug-likeness (QED) is 0.456. The van der Waals surface area contributed by atoms with E-state index < -0.39 is 0 Å². The highest BCUT2D eigenvalue weighted by molar-refractivity contribution is 7.22. The standard InChI is InChI=1S/C25H25N5O2S/c1-16-7-8-20-22(15-16)33-25(26-20)27-24(31)17-11-13-30(14-12-17)23-10-9-19(28-29-23)18-5-3-4-6-21(18)32-2/h3-10,15,17H,11-14H2,1-2H3,(H,26,27,31). The van der Waals surface area contributed by atoms with Gasteiger partial charge in [0.1, 0.15) is 5.75 Å². The average Bonchev–Trinajstić information content (AvgIpc) is 3.25. The number of aromatic nitrogens is 3. The Morgan fingerprint density at radius 2 is 1.91 bits per heavy atom. The highest BCUT2D eigenvalue weighted by Crippen LogP contribution is 2.30. The zero-order valence-electron chi connectivity index (χ0n) is 18.6. The van der Waals surface area contributed by atoms with Crippen molar-refractivity contribution in [1.29, 1.82) is 0 Å². The van der Waals surface area contributed by atoms with Crippen LogP contribution in [0.4, 0.5) is 10.9 Å². The van der Waals surface area contributed by atoms with Crippen LogP contribution in [-0.2, 0) is 4.79 Å². The van der Waals surface area contributed by atoms with Crippen molar-refractivity contribution in [3.05, 3.63) is 60.2 Å². The molecular weight excluding hydrogens is 434 g/mol. The van der Waals surface area contributed by atoms with E-state index in [0.717, 1.165) is 59.0 Å². The van der Waals surface area contributed by atoms with Gasteiger partial charge in [-0.05, 0) is 61.7 Å². The summed E-state index contributed by atoms with van der Waals surface area (Å²) in [5.74, 6) is 1.61. The van der Waals surface area contributed by atoms with Crippen molar-refractivity contribution in [2.45, 2.75) is 19.8 Å². The Hall–Kier alpha value is -3.52. The summed E-state index contributed by atoms with van der Waals surface area (Å²) in [6.07, 6.45) is 1.54. The number of aryl methyl sites for hydroxylation is 1. The minimum atomic E-state index is -0.0317. The molecule has 1 saturated heterocycles. The van der Waals surface area contributed by atoms with Crippen LogP contribution in [0.3, 0.4) is 0 Å². The summed E-state index contributed by atoms with van der Waals surface area (Å²) >= 11 is 1.52. The first-order valence-electron chi connectivity index (χ1n) is 11.0. The van der Waals surface area contributed by atoms with E-state index in [1.165, 1.54) is 16.9 Å². The maximum Gasteiger partial charge on any atom is 0.229 e. The number of rotatable bonds is 5. The molecule has 5 rings (SSSR count). The number of carbonyl (C=O) groups excluding carboxylic acids is 1. The molecule has 8 heteroatoms. The van der Waals surface area contributed by atoms with Crippen molar-refractivity contribution in [2.24, 2.45) is 5.92 Å². The summed E-state index contributed by atoms with van der Waals surface area (Å²) in [5.41, 5.74) is 3.80. The molecule has 1 fully saturated rings. The Balaban J connectivity index is 1.20. The first-order chi connectivity index (χ1) is 16.1. The molecule has 1 amide bonds. The fraction of sp³-hybridized carbons (Fsp3) is 0.280. The minimum Gasteiger partial charge on any atom is -0.496 e. The molecule has 1 N–H and O–H groups in total. The van der Waals surface area contributed by atoms with Gasteiger partial charge in [0.2, 0.25) is 5.91 Å². The van der Waals surface area contributed by atoms with Gasteiger partial charge in [-0.25, -0.2) is 4.98 Å². The first-order valence-corrected chi connectivity index (χ1v) is 11.8. The van der Waals surface area contributed by atoms with Crippen LogP contribution in [0.1, 0.15) is 18.4 Å². The number of methoxy groups -OCH3 is 1. The number of anilines is 2. The van der Waals surface area contributed by atoms with Gasteiger partial charge in [0.05, 0.1) is 23.0 Å². The molecule has 0 unspecified atom stereocenters. The number of thiazole rings is 1. The van der Waals surface area contributed by atoms with Crippen LogP contribution in [0.25, 0.3) is 21.5 Å². The Labute approximate surface area is 196 Å². The van der Waals surface area contributed by atoms with E-state index in [0.29, 0.717) is 5.13 Å². The molecule has 2 aromatic carbocycles. The van der Waals surface area contributed by atoms with Crippen LogP contribution in [0, 0.1) is 12.8 Å². The third-order valence-corrected chi connectivity index (χ3v) is 6.93. The van der Waals surface area contributed by atoms with Crippen LogP contribution in [-0.4, -0.2) is 41.3 Å². The number of amides is 1. The highest BCUT2D eigenvalue weighted by atomic mass is 32.1. The monoisotopic (exact) mass is 459 g/mol. The molecule has 3 heterocycles. The Bertz CT molecular complexity index is 1280. The topological polar surface area (TPSA) is 80.2 Å². The van der Waals surface area contributed by atoms with Crippen LogP contribution in [0.5, 0.6) is 5.75 Å². The number of nitrogens with zero attached hydrogens (tertiary/aromatic N) is 4. The number of hydrogen-bond donors (Lipinski definition) is 1. The average molecular weight is 460 g/mol. The summed E-state index contributed by atoms with van der Waals surface area (Å²) in [4.78, 5) is 19.5. The summed E-state index contributed by atoms with van der Waals surface area (Å²) in [7, 11) is 1.65. The van der Waals surface area contributed by atoms with Crippen molar-refractivity contribution in [2.75, 3.05) is 30.4 Å². The lowest BCUT2D eigenvalue weighted by molar-refractivity contribution is -0.120. The van der Waals surface area contributed by atoms with Gasteiger partial charge >= 0.3 is 0 Å². The van der Waals surface area contributed by atoms with Crippen molar-refractivity contribution >= 4 is 38.4 Å². The summed E-state index contributed by atoms with van der Waals surface area (Å²) in [6, 6.07) is 17.9. The molecule has 0 radical (unpaired) electrons. The Morgan fingerprint density at radius 1 is 1.09 bits per heavy atom.